The van der Waals surface area contributed by atoms with E-state index in [1.807, 2.05) is 102 Å². The number of aliphatic imine (C=N–C) groups is 1. The van der Waals surface area contributed by atoms with E-state index in [0.717, 1.165) is 63.0 Å². The molecule has 0 bridgehead atoms. The van der Waals surface area contributed by atoms with Crippen LogP contribution in [0.5, 0.6) is 28.7 Å². The fourth-order valence-electron chi connectivity index (χ4n) is 7.76. The Hall–Kier alpha value is -8.11. The first-order chi connectivity index (χ1) is 35.1. The van der Waals surface area contributed by atoms with Crippen LogP contribution in [-0.2, 0) is 36.6 Å². The number of ether oxygens (including phenoxy) is 4. The maximum absolute atomic E-state index is 11.6. The Morgan fingerprint density at radius 3 is 1.97 bits per heavy atom. The summed E-state index contributed by atoms with van der Waals surface area (Å²) in [4.78, 5) is 19.3. The van der Waals surface area contributed by atoms with Gasteiger partial charge < -0.3 is 60.4 Å². The van der Waals surface area contributed by atoms with Gasteiger partial charge >= 0.3 is 5.97 Å². The minimum atomic E-state index is -4.87. The number of fused-ring (bicyclic) bond motifs is 2. The summed E-state index contributed by atoms with van der Waals surface area (Å²) in [5.74, 6) is 0.390. The van der Waals surface area contributed by atoms with Crippen molar-refractivity contribution in [3.8, 4) is 28.7 Å². The van der Waals surface area contributed by atoms with E-state index in [1.165, 1.54) is 24.3 Å². The van der Waals surface area contributed by atoms with E-state index in [1.54, 1.807) is 30.3 Å². The second-order valence-electron chi connectivity index (χ2n) is 16.0. The zero-order valence-corrected chi connectivity index (χ0v) is 44.8. The van der Waals surface area contributed by atoms with Gasteiger partial charge in [0.1, 0.15) is 50.0 Å². The van der Waals surface area contributed by atoms with E-state index in [4.69, 9.17) is 23.9 Å². The van der Waals surface area contributed by atoms with Gasteiger partial charge in [0.2, 0.25) is 11.4 Å². The van der Waals surface area contributed by atoms with E-state index < -0.39 is 32.5 Å². The number of carbonyl (C=O) groups is 1. The molecule has 19 nitrogen and oxygen atoms in total. The first kappa shape index (κ1) is 60.4. The molecule has 7 aromatic carbocycles. The summed E-state index contributed by atoms with van der Waals surface area (Å²) in [6, 6.07) is 32.5. The van der Waals surface area contributed by atoms with Crippen molar-refractivity contribution in [1.29, 1.82) is 0 Å². The number of phenols is 2. The van der Waals surface area contributed by atoms with Crippen molar-refractivity contribution in [2.45, 2.75) is 39.5 Å². The molecule has 0 atom stereocenters. The van der Waals surface area contributed by atoms with Crippen molar-refractivity contribution in [3.05, 3.63) is 150 Å². The van der Waals surface area contributed by atoms with Crippen LogP contribution in [0.4, 0.5) is 39.8 Å². The number of anilines is 3. The van der Waals surface area contributed by atoms with Crippen LogP contribution in [0.2, 0.25) is 0 Å². The first-order valence-electron chi connectivity index (χ1n) is 23.2. The molecule has 0 amide bonds. The fraction of sp³-hybridized carbons (Fsp3) is 0.182. The van der Waals surface area contributed by atoms with Crippen LogP contribution in [-0.4, -0.2) is 90.1 Å². The molecule has 0 radical (unpaired) electrons. The standard InChI is InChI=1S/C34H40N4O4.C21H14N2O7S.2H2O.Ti/c1-7-39-31-19-23(5)11-15-28(31)36-25-13-17-30(33(21-25)41-9-3)38-26-14-18-29(34(22-26)42-10-4)37-24-12-16-27(35-6)32(20-24)40-8-2;24-16-10-17(31(28,29)30)13-7-3-4-8-14(13)18(16)22-23-19-12-6-2-1-5-11(12)9-15(20(19)25)21(26)27;;;/h11-22,35,37H,7-10H2,1-6H3;1-10,24-25H,(H,26,27)(H,28,29,30);2*1H2;. The number of hydrogen-bond donors (Lipinski definition) is 6. The normalized spacial score (nSPS) is 12.9. The number of aromatic hydroxyl groups is 2. The van der Waals surface area contributed by atoms with Crippen molar-refractivity contribution in [2.75, 3.05) is 44.1 Å². The van der Waals surface area contributed by atoms with E-state index in [0.29, 0.717) is 48.7 Å². The molecule has 0 fully saturated rings. The summed E-state index contributed by atoms with van der Waals surface area (Å²) >= 11 is 0. The Kier molecular flexibility index (Phi) is 21.8. The third-order valence-corrected chi connectivity index (χ3v) is 11.9. The van der Waals surface area contributed by atoms with E-state index in [2.05, 4.69) is 38.8 Å². The van der Waals surface area contributed by atoms with Crippen LogP contribution in [0, 0.1) is 6.92 Å². The molecule has 0 saturated heterocycles. The molecular formula is C55H58N6O13STi. The zero-order chi connectivity index (χ0) is 52.2. The smallest absolute Gasteiger partial charge is 0.339 e. The predicted molar refractivity (Wildman–Crippen MR) is 290 cm³/mol. The maximum atomic E-state index is 11.6. The van der Waals surface area contributed by atoms with Crippen molar-refractivity contribution in [1.82, 2.24) is 0 Å². The van der Waals surface area contributed by atoms with Crippen LogP contribution in [0.3, 0.4) is 0 Å². The average Bonchev–Trinajstić information content (AvgIpc) is 3.36. The Morgan fingerprint density at radius 1 is 0.697 bits per heavy atom. The molecular weight excluding hydrogens is 1030 g/mol. The van der Waals surface area contributed by atoms with Gasteiger partial charge in [-0.3, -0.25) is 0 Å². The number of aromatic carboxylic acids is 1. The van der Waals surface area contributed by atoms with E-state index in [-0.39, 0.29) is 60.4 Å². The van der Waals surface area contributed by atoms with Gasteiger partial charge in [-0.15, -0.1) is 10.2 Å². The molecule has 8 rings (SSSR count). The molecule has 396 valence electrons. The number of rotatable bonds is 17. The van der Waals surface area contributed by atoms with Gasteiger partial charge in [-0.1, -0.05) is 54.6 Å². The van der Waals surface area contributed by atoms with E-state index >= 15 is 0 Å². The van der Waals surface area contributed by atoms with Gasteiger partial charge in [0.05, 0.1) is 54.5 Å². The van der Waals surface area contributed by atoms with Crippen molar-refractivity contribution in [2.24, 2.45) is 15.2 Å². The monoisotopic (exact) mass is 1090 g/mol. The second kappa shape index (κ2) is 27.4. The number of allylic oxidation sites excluding steroid dienone is 3. The summed E-state index contributed by atoms with van der Waals surface area (Å²) < 4.78 is 58.3. The minimum Gasteiger partial charge on any atom is -0.744 e. The summed E-state index contributed by atoms with van der Waals surface area (Å²) in [6.45, 7) is 12.1. The van der Waals surface area contributed by atoms with Crippen molar-refractivity contribution < 1.29 is 89.7 Å². The molecule has 7 aromatic rings. The summed E-state index contributed by atoms with van der Waals surface area (Å²) in [5.41, 5.74) is 6.40. The topological polar surface area (TPSA) is 310 Å². The Balaban J connectivity index is 0.000000328. The van der Waals surface area contributed by atoms with Gasteiger partial charge in [0, 0.05) is 81.0 Å². The minimum absolute atomic E-state index is 0. The molecule has 0 unspecified atom stereocenters. The first-order valence-corrected chi connectivity index (χ1v) is 24.6. The molecule has 0 aliphatic heterocycles. The third kappa shape index (κ3) is 14.4. The maximum Gasteiger partial charge on any atom is 0.339 e. The van der Waals surface area contributed by atoms with Gasteiger partial charge in [0.25, 0.3) is 0 Å². The number of nitrogens with zero attached hydrogens (tertiary/aromatic N) is 3. The van der Waals surface area contributed by atoms with E-state index in [9.17, 15) is 33.1 Å². The zero-order valence-electron chi connectivity index (χ0n) is 42.4. The number of phenolic OH excluding ortho intramolecular Hbond substituents is 1. The molecule has 0 spiro atoms. The van der Waals surface area contributed by atoms with Crippen LogP contribution < -0.4 is 29.8 Å². The van der Waals surface area contributed by atoms with Crippen molar-refractivity contribution >= 4 is 88.9 Å². The number of hydrogen-bond acceptors (Lipinski definition) is 15. The summed E-state index contributed by atoms with van der Waals surface area (Å²) in [7, 11) is -3.00. The largest absolute Gasteiger partial charge is 0.744 e. The van der Waals surface area contributed by atoms with Crippen LogP contribution >= 0.6 is 0 Å². The van der Waals surface area contributed by atoms with Crippen LogP contribution in [0.25, 0.3) is 21.5 Å². The molecule has 76 heavy (non-hydrogen) atoms. The Morgan fingerprint density at radius 2 is 1.32 bits per heavy atom. The molecule has 0 saturated carbocycles. The van der Waals surface area contributed by atoms with Gasteiger partial charge in [-0.25, -0.2) is 23.2 Å². The SMILES string of the molecule is CCOC1=CC(=[NH+]c2ccc(C)cc2OCC)C=CC1=Nc1ccc(Nc2ccc(NC)c(OCC)c2)c(OCC)c1.O.O.O=C(O)c1cc2ccccc2c(N=Nc2c(O)cc(S(=O)(=O)[O-])c3ccccc23)c1O.[Ti]. The van der Waals surface area contributed by atoms with Gasteiger partial charge in [-0.2, -0.15) is 0 Å². The molecule has 21 heteroatoms. The number of azo groups is 1. The van der Waals surface area contributed by atoms with Crippen molar-refractivity contribution in [3.63, 3.8) is 0 Å². The number of aryl methyl sites for hydroxylation is 1. The van der Waals surface area contributed by atoms with Crippen LogP contribution in [0.1, 0.15) is 43.6 Å². The number of nitrogens with one attached hydrogen (secondary N) is 3. The van der Waals surface area contributed by atoms with Gasteiger partial charge in [-0.05, 0) is 88.0 Å². The third-order valence-electron chi connectivity index (χ3n) is 11.0. The predicted octanol–water partition coefficient (Wildman–Crippen LogP) is 9.16. The summed E-state index contributed by atoms with van der Waals surface area (Å²) in [6.07, 6.45) is 5.90. The number of carboxylic acids is 1. The number of carboxylic acid groups (broad SMARTS) is 1. The molecule has 1 aliphatic rings. The molecule has 1 aliphatic carbocycles. The quantitative estimate of drug-likeness (QED) is 0.0215. The molecule has 10 N–H and O–H groups in total. The van der Waals surface area contributed by atoms with Gasteiger partial charge in [0.15, 0.2) is 17.3 Å². The molecule has 0 heterocycles. The fourth-order valence-corrected chi connectivity index (χ4v) is 8.46. The number of benzene rings is 7. The average molecular weight is 1090 g/mol. The summed E-state index contributed by atoms with van der Waals surface area (Å²) in [5, 5.41) is 45.8. The molecule has 0 aromatic heterocycles. The Bertz CT molecular complexity index is 3490. The Labute approximate surface area is 454 Å². The second-order valence-corrected chi connectivity index (χ2v) is 17.4. The van der Waals surface area contributed by atoms with Crippen LogP contribution in [0.15, 0.2) is 159 Å².